The molecule has 18 heavy (non-hydrogen) atoms. The lowest BCUT2D eigenvalue weighted by Crippen LogP contribution is -1.98. The van der Waals surface area contributed by atoms with Gasteiger partial charge in [0.15, 0.2) is 23.1 Å². The van der Waals surface area contributed by atoms with Crippen LogP contribution in [0.25, 0.3) is 11.3 Å². The van der Waals surface area contributed by atoms with E-state index in [4.69, 9.17) is 19.7 Å². The molecular weight excluding hydrogens is 300 g/mol. The van der Waals surface area contributed by atoms with Gasteiger partial charge in [0.05, 0.1) is 18.8 Å². The highest BCUT2D eigenvalue weighted by molar-refractivity contribution is 9.10. The highest BCUT2D eigenvalue weighted by Gasteiger charge is 2.21. The standard InChI is InChI=1S/C12H11BrN2O3/c13-7-2-3-8-12(17-5-1-4-16-8)11(7)9-6-10(14)15-18-9/h2-3,6H,1,4-5H2,(H2,14,15). The Hall–Kier alpha value is -1.69. The molecule has 2 heterocycles. The van der Waals surface area contributed by atoms with Crippen molar-refractivity contribution in [3.63, 3.8) is 0 Å². The number of aromatic nitrogens is 1. The summed E-state index contributed by atoms with van der Waals surface area (Å²) in [4.78, 5) is 0. The number of fused-ring (bicyclic) bond motifs is 1. The van der Waals surface area contributed by atoms with Gasteiger partial charge in [0.1, 0.15) is 0 Å². The molecule has 0 aliphatic carbocycles. The fourth-order valence-electron chi connectivity index (χ4n) is 1.85. The van der Waals surface area contributed by atoms with Gasteiger partial charge in [0, 0.05) is 17.0 Å². The molecule has 0 fully saturated rings. The van der Waals surface area contributed by atoms with E-state index in [1.165, 1.54) is 0 Å². The van der Waals surface area contributed by atoms with Gasteiger partial charge in [-0.1, -0.05) is 5.16 Å². The van der Waals surface area contributed by atoms with Crippen LogP contribution in [-0.2, 0) is 0 Å². The van der Waals surface area contributed by atoms with Crippen molar-refractivity contribution in [2.24, 2.45) is 0 Å². The summed E-state index contributed by atoms with van der Waals surface area (Å²) in [5.74, 6) is 2.27. The van der Waals surface area contributed by atoms with Crippen LogP contribution in [0.5, 0.6) is 11.5 Å². The third-order valence-corrected chi connectivity index (χ3v) is 3.30. The van der Waals surface area contributed by atoms with Crippen molar-refractivity contribution in [1.29, 1.82) is 0 Å². The van der Waals surface area contributed by atoms with E-state index in [-0.39, 0.29) is 0 Å². The molecule has 3 rings (SSSR count). The fourth-order valence-corrected chi connectivity index (χ4v) is 2.36. The van der Waals surface area contributed by atoms with Gasteiger partial charge in [0.25, 0.3) is 0 Å². The topological polar surface area (TPSA) is 70.5 Å². The molecule has 6 heteroatoms. The lowest BCUT2D eigenvalue weighted by molar-refractivity contribution is 0.297. The molecule has 1 aliphatic heterocycles. The first-order valence-electron chi connectivity index (χ1n) is 5.56. The van der Waals surface area contributed by atoms with Crippen LogP contribution in [0.1, 0.15) is 6.42 Å². The normalized spacial score (nSPS) is 14.3. The molecule has 0 saturated heterocycles. The average molecular weight is 311 g/mol. The Bertz CT molecular complexity index is 583. The van der Waals surface area contributed by atoms with Crippen molar-refractivity contribution < 1.29 is 14.0 Å². The Morgan fingerprint density at radius 3 is 2.83 bits per heavy atom. The minimum Gasteiger partial charge on any atom is -0.490 e. The number of nitrogens with two attached hydrogens (primary N) is 1. The van der Waals surface area contributed by atoms with E-state index >= 15 is 0 Å². The van der Waals surface area contributed by atoms with Crippen LogP contribution in [-0.4, -0.2) is 18.4 Å². The molecule has 1 aliphatic rings. The van der Waals surface area contributed by atoms with Crippen molar-refractivity contribution in [3.05, 3.63) is 22.7 Å². The van der Waals surface area contributed by atoms with E-state index in [2.05, 4.69) is 21.1 Å². The summed E-state index contributed by atoms with van der Waals surface area (Å²) in [6.07, 6.45) is 0.851. The number of benzene rings is 1. The molecule has 1 aromatic heterocycles. The first kappa shape index (κ1) is 11.4. The van der Waals surface area contributed by atoms with E-state index in [0.717, 1.165) is 16.5 Å². The van der Waals surface area contributed by atoms with Gasteiger partial charge in [-0.2, -0.15) is 0 Å². The van der Waals surface area contributed by atoms with E-state index in [1.54, 1.807) is 6.07 Å². The predicted molar refractivity (Wildman–Crippen MR) is 69.7 cm³/mol. The van der Waals surface area contributed by atoms with Crippen LogP contribution in [0.15, 0.2) is 27.2 Å². The summed E-state index contributed by atoms with van der Waals surface area (Å²) in [7, 11) is 0. The Balaban J connectivity index is 2.18. The van der Waals surface area contributed by atoms with Gasteiger partial charge in [-0.05, 0) is 28.1 Å². The third kappa shape index (κ3) is 1.92. The number of hydrogen-bond donors (Lipinski definition) is 1. The first-order valence-corrected chi connectivity index (χ1v) is 6.35. The number of hydrogen-bond acceptors (Lipinski definition) is 5. The molecule has 94 valence electrons. The molecular formula is C12H11BrN2O3. The van der Waals surface area contributed by atoms with Crippen LogP contribution < -0.4 is 15.2 Å². The first-order chi connectivity index (χ1) is 8.75. The van der Waals surface area contributed by atoms with Crippen LogP contribution in [0, 0.1) is 0 Å². The summed E-state index contributed by atoms with van der Waals surface area (Å²) < 4.78 is 17.4. The molecule has 0 unspecified atom stereocenters. The molecule has 5 nitrogen and oxygen atoms in total. The zero-order valence-corrected chi connectivity index (χ0v) is 11.1. The Morgan fingerprint density at radius 2 is 2.06 bits per heavy atom. The fraction of sp³-hybridized carbons (Fsp3) is 0.250. The zero-order chi connectivity index (χ0) is 12.5. The van der Waals surface area contributed by atoms with E-state index in [9.17, 15) is 0 Å². The van der Waals surface area contributed by atoms with Gasteiger partial charge < -0.3 is 19.7 Å². The van der Waals surface area contributed by atoms with Gasteiger partial charge in [-0.15, -0.1) is 0 Å². The van der Waals surface area contributed by atoms with Gasteiger partial charge in [0.2, 0.25) is 0 Å². The lowest BCUT2D eigenvalue weighted by atomic mass is 10.1. The SMILES string of the molecule is Nc1cc(-c2c(Br)ccc3c2OCCCO3)on1. The maximum atomic E-state index is 5.74. The van der Waals surface area contributed by atoms with Crippen LogP contribution in [0.3, 0.4) is 0 Å². The van der Waals surface area contributed by atoms with Crippen LogP contribution in [0.4, 0.5) is 5.82 Å². The number of halogens is 1. The molecule has 0 spiro atoms. The molecule has 0 radical (unpaired) electrons. The molecule has 2 N–H and O–H groups in total. The Kier molecular flexibility index (Phi) is 2.87. The average Bonchev–Trinajstić information content (AvgIpc) is 2.63. The summed E-state index contributed by atoms with van der Waals surface area (Å²) in [6.45, 7) is 1.26. The lowest BCUT2D eigenvalue weighted by Gasteiger charge is -2.12. The summed E-state index contributed by atoms with van der Waals surface area (Å²) in [5.41, 5.74) is 6.36. The molecule has 0 atom stereocenters. The molecule has 1 aromatic carbocycles. The molecule has 0 bridgehead atoms. The van der Waals surface area contributed by atoms with Crippen LogP contribution >= 0.6 is 15.9 Å². The third-order valence-electron chi connectivity index (χ3n) is 2.64. The van der Waals surface area contributed by atoms with Gasteiger partial charge in [-0.3, -0.25) is 0 Å². The zero-order valence-electron chi connectivity index (χ0n) is 9.48. The summed E-state index contributed by atoms with van der Waals surface area (Å²) in [6, 6.07) is 5.42. The monoisotopic (exact) mass is 310 g/mol. The van der Waals surface area contributed by atoms with Crippen molar-refractivity contribution in [1.82, 2.24) is 5.16 Å². The number of anilines is 1. The number of rotatable bonds is 1. The van der Waals surface area contributed by atoms with E-state index in [1.807, 2.05) is 12.1 Å². The number of nitrogen functional groups attached to an aromatic ring is 1. The minimum atomic E-state index is 0.337. The summed E-state index contributed by atoms with van der Waals surface area (Å²) in [5, 5.41) is 3.69. The van der Waals surface area contributed by atoms with Crippen molar-refractivity contribution in [2.75, 3.05) is 18.9 Å². The number of ether oxygens (including phenoxy) is 2. The number of nitrogens with zero attached hydrogens (tertiary/aromatic N) is 1. The second-order valence-corrected chi connectivity index (χ2v) is 4.77. The predicted octanol–water partition coefficient (Wildman–Crippen LogP) is 2.85. The van der Waals surface area contributed by atoms with Gasteiger partial charge >= 0.3 is 0 Å². The van der Waals surface area contributed by atoms with Crippen molar-refractivity contribution >= 4 is 21.7 Å². The second-order valence-electron chi connectivity index (χ2n) is 3.92. The molecule has 0 saturated carbocycles. The van der Waals surface area contributed by atoms with E-state index < -0.39 is 0 Å². The van der Waals surface area contributed by atoms with Gasteiger partial charge in [-0.25, -0.2) is 0 Å². The highest BCUT2D eigenvalue weighted by atomic mass is 79.9. The van der Waals surface area contributed by atoms with E-state index in [0.29, 0.717) is 36.3 Å². The largest absolute Gasteiger partial charge is 0.490 e. The second kappa shape index (κ2) is 4.53. The maximum absolute atomic E-state index is 5.74. The smallest absolute Gasteiger partial charge is 0.174 e. The maximum Gasteiger partial charge on any atom is 0.174 e. The molecule has 2 aromatic rings. The Morgan fingerprint density at radius 1 is 1.22 bits per heavy atom. The van der Waals surface area contributed by atoms with Crippen LogP contribution in [0.2, 0.25) is 0 Å². The van der Waals surface area contributed by atoms with Crippen molar-refractivity contribution in [3.8, 4) is 22.8 Å². The molecule has 0 amide bonds. The quantitative estimate of drug-likeness (QED) is 0.877. The van der Waals surface area contributed by atoms with Crippen molar-refractivity contribution in [2.45, 2.75) is 6.42 Å². The Labute approximate surface area is 112 Å². The highest BCUT2D eigenvalue weighted by Crippen LogP contribution is 2.44. The minimum absolute atomic E-state index is 0.337. The summed E-state index contributed by atoms with van der Waals surface area (Å²) >= 11 is 3.48.